The lowest BCUT2D eigenvalue weighted by Crippen LogP contribution is -2.10. The first kappa shape index (κ1) is 20.7. The summed E-state index contributed by atoms with van der Waals surface area (Å²) in [6, 6.07) is 6.74. The fourth-order valence-electron chi connectivity index (χ4n) is 3.33. The standard InChI is InChI=1S/C22H18FN7O2/c1-12-3-4-25-9-17(12)16-5-14-6-19(28-15-8-27-30(11-15)13(2)7-24)26-10-18(14)21(20(16)23)29-22(31)32/h3-6,8-11,13,29H,1-2H3,(H,26,28)(H,31,32). The van der Waals surface area contributed by atoms with Crippen LogP contribution >= 0.6 is 0 Å². The van der Waals surface area contributed by atoms with Gasteiger partial charge in [-0.3, -0.25) is 15.0 Å². The summed E-state index contributed by atoms with van der Waals surface area (Å²) in [4.78, 5) is 19.7. The van der Waals surface area contributed by atoms with E-state index < -0.39 is 18.0 Å². The Labute approximate surface area is 182 Å². The average Bonchev–Trinajstić information content (AvgIpc) is 3.23. The monoisotopic (exact) mass is 431 g/mol. The highest BCUT2D eigenvalue weighted by molar-refractivity contribution is 6.03. The van der Waals surface area contributed by atoms with Crippen molar-refractivity contribution in [3.8, 4) is 17.2 Å². The molecule has 32 heavy (non-hydrogen) atoms. The molecule has 9 nitrogen and oxygen atoms in total. The maximum absolute atomic E-state index is 15.4. The Morgan fingerprint density at radius 1 is 1.28 bits per heavy atom. The van der Waals surface area contributed by atoms with E-state index >= 15 is 4.39 Å². The highest BCUT2D eigenvalue weighted by Crippen LogP contribution is 2.36. The number of aryl methyl sites for hydroxylation is 1. The topological polar surface area (TPSA) is 129 Å². The minimum atomic E-state index is -1.38. The number of carbonyl (C=O) groups is 1. The van der Waals surface area contributed by atoms with Gasteiger partial charge >= 0.3 is 6.09 Å². The first-order valence-corrected chi connectivity index (χ1v) is 9.61. The summed E-state index contributed by atoms with van der Waals surface area (Å²) in [5.41, 5.74) is 2.01. The normalized spacial score (nSPS) is 11.7. The van der Waals surface area contributed by atoms with Crippen LogP contribution in [-0.2, 0) is 0 Å². The third-order valence-corrected chi connectivity index (χ3v) is 4.98. The van der Waals surface area contributed by atoms with Crippen molar-refractivity contribution >= 4 is 34.1 Å². The second kappa shape index (κ2) is 8.31. The molecule has 0 fully saturated rings. The van der Waals surface area contributed by atoms with E-state index in [1.165, 1.54) is 17.1 Å². The first-order chi connectivity index (χ1) is 15.4. The van der Waals surface area contributed by atoms with Crippen molar-refractivity contribution in [2.75, 3.05) is 10.6 Å². The number of halogens is 1. The maximum atomic E-state index is 15.4. The molecule has 10 heteroatoms. The van der Waals surface area contributed by atoms with Crippen LogP contribution in [0, 0.1) is 24.1 Å². The largest absolute Gasteiger partial charge is 0.465 e. The number of fused-ring (bicyclic) bond motifs is 1. The van der Waals surface area contributed by atoms with E-state index in [2.05, 4.69) is 31.8 Å². The van der Waals surface area contributed by atoms with Crippen LogP contribution < -0.4 is 10.6 Å². The second-order valence-corrected chi connectivity index (χ2v) is 7.16. The molecule has 3 heterocycles. The maximum Gasteiger partial charge on any atom is 0.409 e. The van der Waals surface area contributed by atoms with Crippen molar-refractivity contribution in [1.29, 1.82) is 5.26 Å². The van der Waals surface area contributed by atoms with E-state index in [4.69, 9.17) is 5.26 Å². The molecule has 0 aliphatic rings. The molecule has 0 saturated heterocycles. The molecule has 0 aliphatic heterocycles. The van der Waals surface area contributed by atoms with Crippen LogP contribution in [0.3, 0.4) is 0 Å². The SMILES string of the molecule is Cc1ccncc1-c1cc2cc(Nc3cnn(C(C)C#N)c3)ncc2c(NC(=O)O)c1F. The Hall–Kier alpha value is -4.52. The van der Waals surface area contributed by atoms with Gasteiger partial charge in [0.15, 0.2) is 5.82 Å². The van der Waals surface area contributed by atoms with Crippen molar-refractivity contribution in [2.24, 2.45) is 0 Å². The highest BCUT2D eigenvalue weighted by atomic mass is 19.1. The molecule has 0 aliphatic carbocycles. The van der Waals surface area contributed by atoms with Gasteiger partial charge in [0.25, 0.3) is 0 Å². The highest BCUT2D eigenvalue weighted by Gasteiger charge is 2.19. The number of aromatic nitrogens is 4. The fraction of sp³-hybridized carbons (Fsp3) is 0.136. The molecule has 0 spiro atoms. The van der Waals surface area contributed by atoms with Crippen LogP contribution in [0.1, 0.15) is 18.5 Å². The zero-order chi connectivity index (χ0) is 22.8. The van der Waals surface area contributed by atoms with Crippen molar-refractivity contribution in [1.82, 2.24) is 19.7 Å². The third-order valence-electron chi connectivity index (χ3n) is 4.98. The number of hydrogen-bond acceptors (Lipinski definition) is 6. The smallest absolute Gasteiger partial charge is 0.409 e. The number of hydrogen-bond donors (Lipinski definition) is 3. The predicted octanol–water partition coefficient (Wildman–Crippen LogP) is 4.86. The minimum Gasteiger partial charge on any atom is -0.465 e. The molecule has 1 atom stereocenters. The Balaban J connectivity index is 1.82. The summed E-state index contributed by atoms with van der Waals surface area (Å²) in [6.45, 7) is 3.54. The number of carboxylic acid groups (broad SMARTS) is 1. The van der Waals surface area contributed by atoms with Gasteiger partial charge in [0.1, 0.15) is 11.9 Å². The van der Waals surface area contributed by atoms with Crippen LogP contribution in [0.5, 0.6) is 0 Å². The molecule has 1 unspecified atom stereocenters. The van der Waals surface area contributed by atoms with Gasteiger partial charge in [0, 0.05) is 41.3 Å². The van der Waals surface area contributed by atoms with Crippen molar-refractivity contribution in [3.63, 3.8) is 0 Å². The van der Waals surface area contributed by atoms with Crippen molar-refractivity contribution < 1.29 is 14.3 Å². The summed E-state index contributed by atoms with van der Waals surface area (Å²) in [5, 5.41) is 28.5. The number of benzene rings is 1. The number of nitriles is 1. The van der Waals surface area contributed by atoms with Crippen molar-refractivity contribution in [3.05, 3.63) is 60.6 Å². The zero-order valence-corrected chi connectivity index (χ0v) is 17.2. The van der Waals surface area contributed by atoms with Crippen LogP contribution in [0.2, 0.25) is 0 Å². The van der Waals surface area contributed by atoms with E-state index in [0.717, 1.165) is 5.56 Å². The van der Waals surface area contributed by atoms with Crippen LogP contribution in [0.15, 0.2) is 49.2 Å². The minimum absolute atomic E-state index is 0.178. The second-order valence-electron chi connectivity index (χ2n) is 7.16. The lowest BCUT2D eigenvalue weighted by Gasteiger charge is -2.14. The van der Waals surface area contributed by atoms with Gasteiger partial charge in [-0.2, -0.15) is 10.4 Å². The molecule has 1 aromatic carbocycles. The first-order valence-electron chi connectivity index (χ1n) is 9.61. The molecular formula is C22H18FN7O2. The van der Waals surface area contributed by atoms with Gasteiger partial charge < -0.3 is 10.4 Å². The summed E-state index contributed by atoms with van der Waals surface area (Å²) >= 11 is 0. The number of nitrogens with zero attached hydrogens (tertiary/aromatic N) is 5. The number of amides is 1. The summed E-state index contributed by atoms with van der Waals surface area (Å²) in [5.74, 6) is -0.256. The summed E-state index contributed by atoms with van der Waals surface area (Å²) < 4.78 is 16.9. The van der Waals surface area contributed by atoms with Crippen LogP contribution in [0.4, 0.5) is 26.4 Å². The zero-order valence-electron chi connectivity index (χ0n) is 17.2. The predicted molar refractivity (Wildman–Crippen MR) is 117 cm³/mol. The molecule has 4 rings (SSSR count). The Kier molecular flexibility index (Phi) is 5.39. The lowest BCUT2D eigenvalue weighted by atomic mass is 9.98. The quantitative estimate of drug-likeness (QED) is 0.411. The van der Waals surface area contributed by atoms with Gasteiger partial charge in [-0.1, -0.05) is 0 Å². The summed E-state index contributed by atoms with van der Waals surface area (Å²) in [7, 11) is 0. The number of rotatable bonds is 5. The average molecular weight is 431 g/mol. The van der Waals surface area contributed by atoms with Gasteiger partial charge in [0.05, 0.1) is 23.6 Å². The van der Waals surface area contributed by atoms with E-state index in [0.29, 0.717) is 27.8 Å². The molecular weight excluding hydrogens is 413 g/mol. The van der Waals surface area contributed by atoms with E-state index in [-0.39, 0.29) is 11.3 Å². The van der Waals surface area contributed by atoms with Gasteiger partial charge in [-0.15, -0.1) is 0 Å². The molecule has 1 amide bonds. The van der Waals surface area contributed by atoms with E-state index in [1.54, 1.807) is 43.7 Å². The molecule has 160 valence electrons. The van der Waals surface area contributed by atoms with E-state index in [9.17, 15) is 9.90 Å². The van der Waals surface area contributed by atoms with Gasteiger partial charge in [0.2, 0.25) is 0 Å². The number of anilines is 3. The van der Waals surface area contributed by atoms with Crippen LogP contribution in [-0.4, -0.2) is 30.9 Å². The number of pyridine rings is 2. The molecule has 0 saturated carbocycles. The van der Waals surface area contributed by atoms with Crippen molar-refractivity contribution in [2.45, 2.75) is 19.9 Å². The lowest BCUT2D eigenvalue weighted by molar-refractivity contribution is 0.209. The Bertz CT molecular complexity index is 1380. The van der Waals surface area contributed by atoms with E-state index in [1.807, 2.05) is 6.92 Å². The fourth-order valence-corrected chi connectivity index (χ4v) is 3.33. The molecule has 3 N–H and O–H groups in total. The third kappa shape index (κ3) is 3.91. The van der Waals surface area contributed by atoms with Gasteiger partial charge in [-0.25, -0.2) is 14.2 Å². The summed E-state index contributed by atoms with van der Waals surface area (Å²) in [6.07, 6.45) is 6.39. The number of nitrogens with one attached hydrogen (secondary N) is 2. The molecule has 0 radical (unpaired) electrons. The molecule has 4 aromatic rings. The molecule has 3 aromatic heterocycles. The molecule has 0 bridgehead atoms. The van der Waals surface area contributed by atoms with Gasteiger partial charge in [-0.05, 0) is 43.0 Å². The Morgan fingerprint density at radius 2 is 2.09 bits per heavy atom. The Morgan fingerprint density at radius 3 is 2.81 bits per heavy atom. The van der Waals surface area contributed by atoms with Crippen LogP contribution in [0.25, 0.3) is 21.9 Å².